The van der Waals surface area contributed by atoms with Crippen LogP contribution in [0, 0.1) is 0 Å². The van der Waals surface area contributed by atoms with Crippen molar-refractivity contribution in [2.24, 2.45) is 0 Å². The zero-order valence-corrected chi connectivity index (χ0v) is 13.6. The molecule has 5 nitrogen and oxygen atoms in total. The second-order valence-corrected chi connectivity index (χ2v) is 7.17. The Balaban J connectivity index is 1.74. The Hall–Kier alpha value is -2.86. The first-order valence-corrected chi connectivity index (χ1v) is 8.97. The average Bonchev–Trinajstić information content (AvgIpc) is 3.06. The highest BCUT2D eigenvalue weighted by molar-refractivity contribution is 7.89. The maximum Gasteiger partial charge on any atom is 0.255 e. The largest absolute Gasteiger partial charge is 0.321 e. The van der Waals surface area contributed by atoms with Crippen LogP contribution >= 0.6 is 0 Å². The van der Waals surface area contributed by atoms with E-state index in [1.54, 1.807) is 54.6 Å². The van der Waals surface area contributed by atoms with Crippen LogP contribution in [-0.4, -0.2) is 18.3 Å². The Bertz CT molecular complexity index is 933. The second kappa shape index (κ2) is 6.72. The number of rotatable bonds is 5. The molecule has 0 spiro atoms. The summed E-state index contributed by atoms with van der Waals surface area (Å²) >= 11 is 0. The molecular formula is C18H16N2O3S. The zero-order valence-electron chi connectivity index (χ0n) is 12.8. The number of carbonyl (C=O) groups is 1. The van der Waals surface area contributed by atoms with Gasteiger partial charge in [-0.05, 0) is 23.8 Å². The smallest absolute Gasteiger partial charge is 0.255 e. The van der Waals surface area contributed by atoms with Gasteiger partial charge >= 0.3 is 0 Å². The molecule has 0 atom stereocenters. The summed E-state index contributed by atoms with van der Waals surface area (Å²) in [6.45, 7) is 0. The summed E-state index contributed by atoms with van der Waals surface area (Å²) in [6.07, 6.45) is 2.83. The number of benzene rings is 2. The Morgan fingerprint density at radius 2 is 1.54 bits per heavy atom. The molecule has 1 N–H and O–H groups in total. The first-order chi connectivity index (χ1) is 11.5. The highest BCUT2D eigenvalue weighted by Crippen LogP contribution is 2.15. The minimum Gasteiger partial charge on any atom is -0.321 e. The maximum atomic E-state index is 12.4. The molecule has 3 aromatic rings. The molecule has 0 aliphatic carbocycles. The summed E-state index contributed by atoms with van der Waals surface area (Å²) in [4.78, 5) is 12.1. The number of hydrogen-bond donors (Lipinski definition) is 1. The molecule has 24 heavy (non-hydrogen) atoms. The van der Waals surface area contributed by atoms with E-state index < -0.39 is 10.0 Å². The number of nitrogens with zero attached hydrogens (tertiary/aromatic N) is 1. The van der Waals surface area contributed by atoms with Crippen molar-refractivity contribution >= 4 is 21.6 Å². The van der Waals surface area contributed by atoms with E-state index in [4.69, 9.17) is 0 Å². The van der Waals surface area contributed by atoms with Crippen LogP contribution in [0.15, 0.2) is 79.1 Å². The molecule has 0 radical (unpaired) electrons. The Kier molecular flexibility index (Phi) is 4.48. The van der Waals surface area contributed by atoms with E-state index in [-0.39, 0.29) is 11.7 Å². The van der Waals surface area contributed by atoms with Crippen LogP contribution in [0.3, 0.4) is 0 Å². The third kappa shape index (κ3) is 3.72. The predicted octanol–water partition coefficient (Wildman–Crippen LogP) is 3.12. The molecule has 6 heteroatoms. The van der Waals surface area contributed by atoms with Gasteiger partial charge in [0.1, 0.15) is 0 Å². The standard InChI is InChI=1S/C18H16N2O3S/c21-18(16-9-5-2-6-10-16)19-17-11-12-20(13-17)24(22,23)14-15-7-3-1-4-8-15/h1-13H,14H2,(H,19,21). The van der Waals surface area contributed by atoms with Crippen molar-refractivity contribution in [3.05, 3.63) is 90.3 Å². The second-order valence-electron chi connectivity index (χ2n) is 5.29. The van der Waals surface area contributed by atoms with Crippen molar-refractivity contribution in [3.8, 4) is 0 Å². The van der Waals surface area contributed by atoms with Crippen LogP contribution in [0.2, 0.25) is 0 Å². The third-order valence-electron chi connectivity index (χ3n) is 3.47. The summed E-state index contributed by atoms with van der Waals surface area (Å²) < 4.78 is 26.0. The highest BCUT2D eigenvalue weighted by atomic mass is 32.2. The topological polar surface area (TPSA) is 68.2 Å². The van der Waals surface area contributed by atoms with Crippen molar-refractivity contribution in [2.75, 3.05) is 5.32 Å². The number of anilines is 1. The lowest BCUT2D eigenvalue weighted by atomic mass is 10.2. The summed E-state index contributed by atoms with van der Waals surface area (Å²) in [5.74, 6) is -0.386. The molecule has 2 aromatic carbocycles. The molecule has 0 aliphatic heterocycles. The normalized spacial score (nSPS) is 11.2. The summed E-state index contributed by atoms with van der Waals surface area (Å²) in [7, 11) is -3.53. The Morgan fingerprint density at radius 3 is 2.21 bits per heavy atom. The van der Waals surface area contributed by atoms with Gasteiger partial charge in [-0.1, -0.05) is 48.5 Å². The van der Waals surface area contributed by atoms with Crippen molar-refractivity contribution in [1.82, 2.24) is 3.97 Å². The summed E-state index contributed by atoms with van der Waals surface area (Å²) in [6, 6.07) is 19.3. The van der Waals surface area contributed by atoms with Gasteiger partial charge in [-0.2, -0.15) is 0 Å². The quantitative estimate of drug-likeness (QED) is 0.776. The van der Waals surface area contributed by atoms with Gasteiger partial charge in [-0.15, -0.1) is 0 Å². The van der Waals surface area contributed by atoms with Crippen LogP contribution in [0.4, 0.5) is 5.69 Å². The van der Waals surface area contributed by atoms with E-state index in [1.165, 1.54) is 12.4 Å². The lowest BCUT2D eigenvalue weighted by molar-refractivity contribution is 0.102. The molecule has 0 saturated heterocycles. The molecule has 0 saturated carbocycles. The minimum atomic E-state index is -3.53. The first kappa shape index (κ1) is 16.0. The number of amides is 1. The van der Waals surface area contributed by atoms with Crippen LogP contribution in [-0.2, 0) is 15.8 Å². The molecule has 0 bridgehead atoms. The van der Waals surface area contributed by atoms with Crippen molar-refractivity contribution < 1.29 is 13.2 Å². The maximum absolute atomic E-state index is 12.4. The van der Waals surface area contributed by atoms with Crippen LogP contribution < -0.4 is 5.32 Å². The van der Waals surface area contributed by atoms with Gasteiger partial charge in [-0.3, -0.25) is 8.77 Å². The van der Waals surface area contributed by atoms with Gasteiger partial charge in [-0.25, -0.2) is 8.42 Å². The number of aromatic nitrogens is 1. The fraction of sp³-hybridized carbons (Fsp3) is 0.0556. The SMILES string of the molecule is O=C(Nc1ccn(S(=O)(=O)Cc2ccccc2)c1)c1ccccc1. The van der Waals surface area contributed by atoms with Gasteiger partial charge in [0.05, 0.1) is 11.4 Å². The lowest BCUT2D eigenvalue weighted by Crippen LogP contribution is -2.14. The van der Waals surface area contributed by atoms with E-state index in [2.05, 4.69) is 5.32 Å². The molecule has 0 fully saturated rings. The molecule has 0 aliphatic rings. The van der Waals surface area contributed by atoms with Gasteiger partial charge in [0.25, 0.3) is 5.91 Å². The number of carbonyl (C=O) groups excluding carboxylic acids is 1. The van der Waals surface area contributed by atoms with E-state index in [0.717, 1.165) is 3.97 Å². The molecule has 1 aromatic heterocycles. The molecule has 1 heterocycles. The van der Waals surface area contributed by atoms with E-state index in [0.29, 0.717) is 16.8 Å². The molecule has 122 valence electrons. The van der Waals surface area contributed by atoms with Crippen LogP contribution in [0.25, 0.3) is 0 Å². The van der Waals surface area contributed by atoms with E-state index in [9.17, 15) is 13.2 Å². The highest BCUT2D eigenvalue weighted by Gasteiger charge is 2.15. The fourth-order valence-electron chi connectivity index (χ4n) is 2.28. The van der Waals surface area contributed by atoms with E-state index in [1.807, 2.05) is 12.1 Å². The van der Waals surface area contributed by atoms with Gasteiger partial charge in [0, 0.05) is 18.0 Å². The lowest BCUT2D eigenvalue weighted by Gasteiger charge is -2.06. The molecule has 1 amide bonds. The summed E-state index contributed by atoms with van der Waals surface area (Å²) in [5.41, 5.74) is 1.65. The number of hydrogen-bond acceptors (Lipinski definition) is 3. The Labute approximate surface area is 140 Å². The van der Waals surface area contributed by atoms with Crippen molar-refractivity contribution in [3.63, 3.8) is 0 Å². The van der Waals surface area contributed by atoms with Gasteiger partial charge < -0.3 is 5.32 Å². The molecule has 3 rings (SSSR count). The molecule has 0 unspecified atom stereocenters. The van der Waals surface area contributed by atoms with Gasteiger partial charge in [0.15, 0.2) is 0 Å². The van der Waals surface area contributed by atoms with Crippen molar-refractivity contribution in [1.29, 1.82) is 0 Å². The summed E-state index contributed by atoms with van der Waals surface area (Å²) in [5, 5.41) is 2.69. The van der Waals surface area contributed by atoms with Crippen molar-refractivity contribution in [2.45, 2.75) is 5.75 Å². The molecular weight excluding hydrogens is 324 g/mol. The first-order valence-electron chi connectivity index (χ1n) is 7.36. The Morgan fingerprint density at radius 1 is 0.917 bits per heavy atom. The monoisotopic (exact) mass is 340 g/mol. The average molecular weight is 340 g/mol. The minimum absolute atomic E-state index is 0.103. The van der Waals surface area contributed by atoms with Crippen LogP contribution in [0.1, 0.15) is 15.9 Å². The third-order valence-corrected chi connectivity index (χ3v) is 5.04. The van der Waals surface area contributed by atoms with E-state index >= 15 is 0 Å². The van der Waals surface area contributed by atoms with Gasteiger partial charge in [0.2, 0.25) is 10.0 Å². The predicted molar refractivity (Wildman–Crippen MR) is 93.3 cm³/mol. The zero-order chi connectivity index (χ0) is 17.0. The fourth-order valence-corrected chi connectivity index (χ4v) is 3.56. The van der Waals surface area contributed by atoms with Crippen LogP contribution in [0.5, 0.6) is 0 Å². The number of nitrogens with one attached hydrogen (secondary N) is 1.